The van der Waals surface area contributed by atoms with E-state index in [0.717, 1.165) is 56.2 Å². The second-order valence-corrected chi connectivity index (χ2v) is 5.82. The summed E-state index contributed by atoms with van der Waals surface area (Å²) in [7, 11) is 1.89. The number of rotatable bonds is 2. The fraction of sp³-hybridized carbons (Fsp3) is 0.714. The third-order valence-corrected chi connectivity index (χ3v) is 4.54. The van der Waals surface area contributed by atoms with Gasteiger partial charge in [0.2, 0.25) is 0 Å². The highest BCUT2D eigenvalue weighted by molar-refractivity contribution is 5.97. The van der Waals surface area contributed by atoms with Crippen molar-refractivity contribution >= 4 is 5.91 Å². The van der Waals surface area contributed by atoms with E-state index in [0.29, 0.717) is 6.04 Å². The molecule has 1 amide bonds. The van der Waals surface area contributed by atoms with Crippen LogP contribution in [0, 0.1) is 13.8 Å². The highest BCUT2D eigenvalue weighted by atomic mass is 16.2. The Hall–Kier alpha value is -1.40. The number of nitrogens with one attached hydrogen (secondary N) is 1. The Morgan fingerprint density at radius 1 is 1.25 bits per heavy atom. The average molecular weight is 277 g/mol. The van der Waals surface area contributed by atoms with Gasteiger partial charge in [-0.05, 0) is 13.8 Å². The van der Waals surface area contributed by atoms with E-state index in [2.05, 4.69) is 15.3 Å². The van der Waals surface area contributed by atoms with Crippen LogP contribution in [0.15, 0.2) is 0 Å². The van der Waals surface area contributed by atoms with Gasteiger partial charge in [0.15, 0.2) is 0 Å². The van der Waals surface area contributed by atoms with E-state index in [1.807, 2.05) is 25.8 Å². The molecule has 1 N–H and O–H groups in total. The molecule has 6 nitrogen and oxygen atoms in total. The number of nitrogens with zero attached hydrogens (tertiary/aromatic N) is 4. The molecule has 6 heteroatoms. The second-order valence-electron chi connectivity index (χ2n) is 5.82. The molecule has 20 heavy (non-hydrogen) atoms. The largest absolute Gasteiger partial charge is 0.335 e. The number of amides is 1. The van der Waals surface area contributed by atoms with Gasteiger partial charge in [0.05, 0.1) is 11.3 Å². The molecule has 2 saturated heterocycles. The molecule has 0 radical (unpaired) electrons. The van der Waals surface area contributed by atoms with Gasteiger partial charge in [-0.15, -0.1) is 0 Å². The number of carbonyl (C=O) groups is 1. The Balaban J connectivity index is 1.63. The quantitative estimate of drug-likeness (QED) is 0.811. The van der Waals surface area contributed by atoms with Crippen LogP contribution in [0.1, 0.15) is 21.7 Å². The third-order valence-electron chi connectivity index (χ3n) is 4.54. The zero-order chi connectivity index (χ0) is 14.3. The Kier molecular flexibility index (Phi) is 3.52. The van der Waals surface area contributed by atoms with Crippen LogP contribution in [0.5, 0.6) is 0 Å². The van der Waals surface area contributed by atoms with Crippen LogP contribution in [0.4, 0.5) is 0 Å². The summed E-state index contributed by atoms with van der Waals surface area (Å²) < 4.78 is 1.79. The maximum atomic E-state index is 12.6. The zero-order valence-corrected chi connectivity index (χ0v) is 12.5. The van der Waals surface area contributed by atoms with Crippen LogP contribution in [0.2, 0.25) is 0 Å². The SMILES string of the molecule is Cc1nn(C)c(C)c1C(=O)N1CC(N2CCNCC2)C1. The van der Waals surface area contributed by atoms with Crippen LogP contribution < -0.4 is 5.32 Å². The van der Waals surface area contributed by atoms with Crippen molar-refractivity contribution < 1.29 is 4.79 Å². The Morgan fingerprint density at radius 2 is 1.90 bits per heavy atom. The van der Waals surface area contributed by atoms with Gasteiger partial charge in [0.25, 0.3) is 5.91 Å². The summed E-state index contributed by atoms with van der Waals surface area (Å²) in [6.07, 6.45) is 0. The molecule has 0 spiro atoms. The highest BCUT2D eigenvalue weighted by Gasteiger charge is 2.36. The van der Waals surface area contributed by atoms with Gasteiger partial charge in [-0.2, -0.15) is 5.10 Å². The van der Waals surface area contributed by atoms with Crippen molar-refractivity contribution in [2.75, 3.05) is 39.3 Å². The van der Waals surface area contributed by atoms with Crippen molar-refractivity contribution in [3.8, 4) is 0 Å². The predicted octanol–water partition coefficient (Wildman–Crippen LogP) is -0.233. The minimum Gasteiger partial charge on any atom is -0.335 e. The first kappa shape index (κ1) is 13.6. The Bertz CT molecular complexity index is 512. The van der Waals surface area contributed by atoms with E-state index in [-0.39, 0.29) is 5.91 Å². The lowest BCUT2D eigenvalue weighted by Gasteiger charge is -2.46. The van der Waals surface area contributed by atoms with Gasteiger partial charge in [0.1, 0.15) is 0 Å². The molecule has 2 aliphatic rings. The second kappa shape index (κ2) is 5.18. The highest BCUT2D eigenvalue weighted by Crippen LogP contribution is 2.21. The van der Waals surface area contributed by atoms with Crippen molar-refractivity contribution in [2.24, 2.45) is 7.05 Å². The first-order chi connectivity index (χ1) is 9.58. The smallest absolute Gasteiger partial charge is 0.257 e. The van der Waals surface area contributed by atoms with Crippen molar-refractivity contribution in [3.05, 3.63) is 17.0 Å². The molecule has 0 saturated carbocycles. The molecule has 110 valence electrons. The van der Waals surface area contributed by atoms with Crippen LogP contribution in [0.3, 0.4) is 0 Å². The topological polar surface area (TPSA) is 53.4 Å². The molecule has 0 unspecified atom stereocenters. The number of hydrogen-bond donors (Lipinski definition) is 1. The van der Waals surface area contributed by atoms with Crippen LogP contribution in [-0.2, 0) is 7.05 Å². The average Bonchev–Trinajstić information content (AvgIpc) is 2.62. The molecule has 0 aliphatic carbocycles. The van der Waals surface area contributed by atoms with Crippen LogP contribution >= 0.6 is 0 Å². The molecule has 1 aromatic rings. The number of aryl methyl sites for hydroxylation is 2. The van der Waals surface area contributed by atoms with Gasteiger partial charge < -0.3 is 10.2 Å². The van der Waals surface area contributed by atoms with Crippen LogP contribution in [-0.4, -0.2) is 70.8 Å². The summed E-state index contributed by atoms with van der Waals surface area (Å²) in [5.41, 5.74) is 2.57. The Labute approximate surface area is 119 Å². The normalized spacial score (nSPS) is 21.1. The number of carbonyl (C=O) groups excluding carboxylic acids is 1. The molecule has 3 heterocycles. The summed E-state index contributed by atoms with van der Waals surface area (Å²) in [5.74, 6) is 0.138. The lowest BCUT2D eigenvalue weighted by Crippen LogP contribution is -2.63. The van der Waals surface area contributed by atoms with Crippen LogP contribution in [0.25, 0.3) is 0 Å². The van der Waals surface area contributed by atoms with E-state index >= 15 is 0 Å². The molecule has 1 aromatic heterocycles. The summed E-state index contributed by atoms with van der Waals surface area (Å²) in [6, 6.07) is 0.540. The molecule has 0 atom stereocenters. The van der Waals surface area contributed by atoms with Crippen molar-refractivity contribution in [2.45, 2.75) is 19.9 Å². The van der Waals surface area contributed by atoms with E-state index in [9.17, 15) is 4.79 Å². The molecule has 0 bridgehead atoms. The monoisotopic (exact) mass is 277 g/mol. The minimum atomic E-state index is 0.138. The first-order valence-electron chi connectivity index (χ1n) is 7.32. The molecule has 3 rings (SSSR count). The fourth-order valence-electron chi connectivity index (χ4n) is 3.14. The fourth-order valence-corrected chi connectivity index (χ4v) is 3.14. The minimum absolute atomic E-state index is 0.138. The third kappa shape index (κ3) is 2.23. The maximum Gasteiger partial charge on any atom is 0.257 e. The zero-order valence-electron chi connectivity index (χ0n) is 12.5. The van der Waals surface area contributed by atoms with E-state index < -0.39 is 0 Å². The predicted molar refractivity (Wildman–Crippen MR) is 76.8 cm³/mol. The van der Waals surface area contributed by atoms with Crippen molar-refractivity contribution in [1.82, 2.24) is 24.9 Å². The molecule has 2 aliphatic heterocycles. The van der Waals surface area contributed by atoms with E-state index in [1.54, 1.807) is 4.68 Å². The summed E-state index contributed by atoms with van der Waals surface area (Å²) in [6.45, 7) is 9.89. The number of aromatic nitrogens is 2. The summed E-state index contributed by atoms with van der Waals surface area (Å²) in [4.78, 5) is 17.0. The van der Waals surface area contributed by atoms with Gasteiger partial charge >= 0.3 is 0 Å². The van der Waals surface area contributed by atoms with Gasteiger partial charge in [-0.3, -0.25) is 14.4 Å². The van der Waals surface area contributed by atoms with E-state index in [4.69, 9.17) is 0 Å². The van der Waals surface area contributed by atoms with Crippen molar-refractivity contribution in [1.29, 1.82) is 0 Å². The van der Waals surface area contributed by atoms with E-state index in [1.165, 1.54) is 0 Å². The molecule has 2 fully saturated rings. The Morgan fingerprint density at radius 3 is 2.45 bits per heavy atom. The lowest BCUT2D eigenvalue weighted by atomic mass is 10.0. The molecular weight excluding hydrogens is 254 g/mol. The molecule has 0 aromatic carbocycles. The summed E-state index contributed by atoms with van der Waals surface area (Å²) >= 11 is 0. The number of hydrogen-bond acceptors (Lipinski definition) is 4. The van der Waals surface area contributed by atoms with Crippen molar-refractivity contribution in [3.63, 3.8) is 0 Å². The van der Waals surface area contributed by atoms with Gasteiger partial charge in [0, 0.05) is 58.1 Å². The maximum absolute atomic E-state index is 12.6. The summed E-state index contributed by atoms with van der Waals surface area (Å²) in [5, 5.41) is 7.69. The van der Waals surface area contributed by atoms with Gasteiger partial charge in [-0.25, -0.2) is 0 Å². The number of likely N-dealkylation sites (tertiary alicyclic amines) is 1. The first-order valence-corrected chi connectivity index (χ1v) is 7.32. The lowest BCUT2D eigenvalue weighted by molar-refractivity contribution is 0.0226. The standard InChI is InChI=1S/C14H23N5O/c1-10-13(11(2)17(3)16-10)14(20)19-8-12(9-19)18-6-4-15-5-7-18/h12,15H,4-9H2,1-3H3. The van der Waals surface area contributed by atoms with Gasteiger partial charge in [-0.1, -0.05) is 0 Å². The number of piperazine rings is 1. The molecular formula is C14H23N5O.